The Kier molecular flexibility index (Phi) is 8.43. The van der Waals surface area contributed by atoms with Gasteiger partial charge in [-0.1, -0.05) is 44.4 Å². The number of hydrogen-bond donors (Lipinski definition) is 2. The molecule has 0 aliphatic heterocycles. The molecule has 7 nitrogen and oxygen atoms in total. The molecule has 1 aliphatic carbocycles. The minimum absolute atomic E-state index is 0.0541. The molecule has 0 unspecified atom stereocenters. The number of nitrogens with one attached hydrogen (secondary N) is 1. The SMILES string of the molecule is CCc1nc(SC)nc(CNC(=O)[C@H](CC2CCCC2)CN(O)C=O)c1F. The molecular weight excluding hydrogens is 371 g/mol. The Labute approximate surface area is 163 Å². The average Bonchev–Trinajstić information content (AvgIpc) is 3.19. The largest absolute Gasteiger partial charge is 0.350 e. The molecular formula is C18H27FN4O3S. The maximum absolute atomic E-state index is 14.5. The van der Waals surface area contributed by atoms with Crippen molar-refractivity contribution < 1.29 is 19.2 Å². The molecule has 150 valence electrons. The highest BCUT2D eigenvalue weighted by Crippen LogP contribution is 2.30. The quantitative estimate of drug-likeness (QED) is 0.207. The summed E-state index contributed by atoms with van der Waals surface area (Å²) in [5.74, 6) is -0.950. The van der Waals surface area contributed by atoms with Crippen molar-refractivity contribution in [3.63, 3.8) is 0 Å². The van der Waals surface area contributed by atoms with Crippen LogP contribution in [0.15, 0.2) is 5.16 Å². The van der Waals surface area contributed by atoms with E-state index in [0.29, 0.717) is 34.7 Å². The van der Waals surface area contributed by atoms with Crippen LogP contribution in [0.4, 0.5) is 4.39 Å². The first-order valence-corrected chi connectivity index (χ1v) is 10.5. The van der Waals surface area contributed by atoms with Gasteiger partial charge in [0.05, 0.1) is 24.7 Å². The van der Waals surface area contributed by atoms with Gasteiger partial charge in [-0.05, 0) is 25.0 Å². The maximum atomic E-state index is 14.5. The number of amides is 2. The van der Waals surface area contributed by atoms with Crippen LogP contribution in [0.1, 0.15) is 50.4 Å². The molecule has 2 N–H and O–H groups in total. The molecule has 1 aliphatic rings. The molecule has 1 fully saturated rings. The second-order valence-corrected chi connectivity index (χ2v) is 7.57. The molecule has 0 radical (unpaired) electrons. The summed E-state index contributed by atoms with van der Waals surface area (Å²) in [6.07, 6.45) is 7.50. The standard InChI is InChI=1S/C18H27FN4O3S/c1-3-14-16(19)15(22-18(21-14)27-2)9-20-17(25)13(10-23(26)11-24)8-12-6-4-5-7-12/h11-13,26H,3-10H2,1-2H3,(H,20,25)/t13-/m1/s1. The third-order valence-corrected chi connectivity index (χ3v) is 5.46. The first-order chi connectivity index (χ1) is 13.0. The Hall–Kier alpha value is -1.74. The molecule has 1 heterocycles. The van der Waals surface area contributed by atoms with Crippen LogP contribution in [0.3, 0.4) is 0 Å². The third-order valence-electron chi connectivity index (χ3n) is 4.91. The molecule has 2 amide bonds. The van der Waals surface area contributed by atoms with Crippen molar-refractivity contribution in [1.29, 1.82) is 0 Å². The van der Waals surface area contributed by atoms with Crippen molar-refractivity contribution in [2.45, 2.75) is 57.1 Å². The van der Waals surface area contributed by atoms with Crippen molar-refractivity contribution in [1.82, 2.24) is 20.3 Å². The number of halogens is 1. The van der Waals surface area contributed by atoms with Crippen LogP contribution in [0.25, 0.3) is 0 Å². The van der Waals surface area contributed by atoms with Gasteiger partial charge in [-0.25, -0.2) is 19.4 Å². The zero-order valence-corrected chi connectivity index (χ0v) is 16.6. The number of hydrogen-bond acceptors (Lipinski definition) is 6. The number of aryl methyl sites for hydroxylation is 1. The van der Waals surface area contributed by atoms with Crippen LogP contribution in [0, 0.1) is 17.7 Å². The van der Waals surface area contributed by atoms with Crippen LogP contribution in [0.2, 0.25) is 0 Å². The Morgan fingerprint density at radius 3 is 2.67 bits per heavy atom. The summed E-state index contributed by atoms with van der Waals surface area (Å²) in [5, 5.41) is 13.2. The van der Waals surface area contributed by atoms with Crippen LogP contribution in [-0.4, -0.2) is 45.4 Å². The molecule has 27 heavy (non-hydrogen) atoms. The molecule has 1 saturated carbocycles. The maximum Gasteiger partial charge on any atom is 0.233 e. The summed E-state index contributed by atoms with van der Waals surface area (Å²) in [6, 6.07) is 0. The lowest BCUT2D eigenvalue weighted by Gasteiger charge is -2.22. The highest BCUT2D eigenvalue weighted by atomic mass is 32.2. The first-order valence-electron chi connectivity index (χ1n) is 9.26. The number of hydroxylamine groups is 2. The van der Waals surface area contributed by atoms with E-state index >= 15 is 0 Å². The van der Waals surface area contributed by atoms with E-state index < -0.39 is 11.7 Å². The molecule has 0 saturated heterocycles. The number of carbonyl (C=O) groups excluding carboxylic acids is 2. The molecule has 1 atom stereocenters. The fourth-order valence-corrected chi connectivity index (χ4v) is 3.86. The topological polar surface area (TPSA) is 95.4 Å². The molecule has 2 rings (SSSR count). The van der Waals surface area contributed by atoms with Gasteiger partial charge < -0.3 is 5.32 Å². The number of carbonyl (C=O) groups is 2. The lowest BCUT2D eigenvalue weighted by Crippen LogP contribution is -2.38. The van der Waals surface area contributed by atoms with Gasteiger partial charge in [0.15, 0.2) is 11.0 Å². The van der Waals surface area contributed by atoms with Gasteiger partial charge in [-0.3, -0.25) is 14.8 Å². The molecule has 0 spiro atoms. The van der Waals surface area contributed by atoms with Gasteiger partial charge >= 0.3 is 0 Å². The van der Waals surface area contributed by atoms with Crippen LogP contribution in [-0.2, 0) is 22.6 Å². The van der Waals surface area contributed by atoms with Gasteiger partial charge in [0.1, 0.15) is 5.69 Å². The Morgan fingerprint density at radius 2 is 2.07 bits per heavy atom. The Balaban J connectivity index is 2.06. The van der Waals surface area contributed by atoms with Crippen molar-refractivity contribution in [3.05, 3.63) is 17.2 Å². The van der Waals surface area contributed by atoms with Gasteiger partial charge in [0, 0.05) is 0 Å². The second kappa shape index (κ2) is 10.6. The molecule has 1 aromatic rings. The minimum atomic E-state index is -0.543. The smallest absolute Gasteiger partial charge is 0.233 e. The van der Waals surface area contributed by atoms with E-state index in [1.807, 2.05) is 13.2 Å². The summed E-state index contributed by atoms with van der Waals surface area (Å²) < 4.78 is 14.5. The van der Waals surface area contributed by atoms with Crippen molar-refractivity contribution in [3.8, 4) is 0 Å². The molecule has 9 heteroatoms. The lowest BCUT2D eigenvalue weighted by molar-refractivity contribution is -0.155. The summed E-state index contributed by atoms with van der Waals surface area (Å²) in [5.41, 5.74) is 0.471. The molecule has 0 bridgehead atoms. The number of aromatic nitrogens is 2. The number of thioether (sulfide) groups is 1. The predicted molar refractivity (Wildman–Crippen MR) is 99.6 cm³/mol. The van der Waals surface area contributed by atoms with E-state index in [9.17, 15) is 19.2 Å². The van der Waals surface area contributed by atoms with Gasteiger partial charge in [0.25, 0.3) is 0 Å². The summed E-state index contributed by atoms with van der Waals surface area (Å²) >= 11 is 1.31. The Bertz CT molecular complexity index is 656. The van der Waals surface area contributed by atoms with E-state index in [0.717, 1.165) is 25.7 Å². The third kappa shape index (κ3) is 6.14. The minimum Gasteiger partial charge on any atom is -0.350 e. The van der Waals surface area contributed by atoms with Gasteiger partial charge in [-0.2, -0.15) is 0 Å². The Morgan fingerprint density at radius 1 is 1.41 bits per heavy atom. The summed E-state index contributed by atoms with van der Waals surface area (Å²) in [7, 11) is 0. The highest BCUT2D eigenvalue weighted by Gasteiger charge is 2.27. The van der Waals surface area contributed by atoms with E-state index in [1.165, 1.54) is 11.8 Å². The monoisotopic (exact) mass is 398 g/mol. The van der Waals surface area contributed by atoms with Crippen LogP contribution >= 0.6 is 11.8 Å². The van der Waals surface area contributed by atoms with Gasteiger partial charge in [-0.15, -0.1) is 0 Å². The van der Waals surface area contributed by atoms with Gasteiger partial charge in [0.2, 0.25) is 12.3 Å². The van der Waals surface area contributed by atoms with Crippen molar-refractivity contribution in [2.24, 2.45) is 11.8 Å². The zero-order chi connectivity index (χ0) is 19.8. The molecule has 1 aromatic heterocycles. The van der Waals surface area contributed by atoms with E-state index in [2.05, 4.69) is 15.3 Å². The average molecular weight is 399 g/mol. The second-order valence-electron chi connectivity index (χ2n) is 6.80. The number of nitrogens with zero attached hydrogens (tertiary/aromatic N) is 3. The van der Waals surface area contributed by atoms with E-state index in [1.54, 1.807) is 0 Å². The summed E-state index contributed by atoms with van der Waals surface area (Å²) in [4.78, 5) is 31.7. The van der Waals surface area contributed by atoms with Crippen LogP contribution in [0.5, 0.6) is 0 Å². The normalized spacial score (nSPS) is 15.6. The fourth-order valence-electron chi connectivity index (χ4n) is 3.46. The van der Waals surface area contributed by atoms with Crippen LogP contribution < -0.4 is 5.32 Å². The summed E-state index contributed by atoms with van der Waals surface area (Å²) in [6.45, 7) is 1.68. The van der Waals surface area contributed by atoms with E-state index in [-0.39, 0.29) is 31.1 Å². The van der Waals surface area contributed by atoms with E-state index in [4.69, 9.17) is 0 Å². The number of rotatable bonds is 10. The highest BCUT2D eigenvalue weighted by molar-refractivity contribution is 7.98. The zero-order valence-electron chi connectivity index (χ0n) is 15.8. The first kappa shape index (κ1) is 21.6. The molecule has 0 aromatic carbocycles. The predicted octanol–water partition coefficient (Wildman–Crippen LogP) is 2.56. The van der Waals surface area contributed by atoms with Crippen molar-refractivity contribution >= 4 is 24.1 Å². The lowest BCUT2D eigenvalue weighted by atomic mass is 9.92. The fraction of sp³-hybridized carbons (Fsp3) is 0.667. The van der Waals surface area contributed by atoms with Crippen molar-refractivity contribution in [2.75, 3.05) is 12.8 Å².